The number of carbonyl (C=O) groups excluding carboxylic acids is 4. The van der Waals surface area contributed by atoms with Crippen LogP contribution < -0.4 is 16.0 Å². The molecule has 266 valence electrons. The van der Waals surface area contributed by atoms with Gasteiger partial charge in [0.2, 0.25) is 5.91 Å². The van der Waals surface area contributed by atoms with Crippen molar-refractivity contribution in [3.05, 3.63) is 165 Å². The van der Waals surface area contributed by atoms with Crippen molar-refractivity contribution >= 4 is 74.9 Å². The number of anilines is 2. The van der Waals surface area contributed by atoms with Gasteiger partial charge in [0.25, 0.3) is 11.8 Å². The molecule has 3 amide bonds. The topological polar surface area (TPSA) is 114 Å². The van der Waals surface area contributed by atoms with Gasteiger partial charge < -0.3 is 20.7 Å². The van der Waals surface area contributed by atoms with Gasteiger partial charge in [0, 0.05) is 27.1 Å². The van der Waals surface area contributed by atoms with Gasteiger partial charge in [-0.15, -0.1) is 23.1 Å². The molecule has 11 heteroatoms. The molecule has 0 aliphatic heterocycles. The third kappa shape index (κ3) is 9.58. The Balaban J connectivity index is 1.24. The Morgan fingerprint density at radius 3 is 2.26 bits per heavy atom. The molecular formula is C42H35N3O5S3. The van der Waals surface area contributed by atoms with Crippen molar-refractivity contribution in [3.63, 3.8) is 0 Å². The number of esters is 1. The summed E-state index contributed by atoms with van der Waals surface area (Å²) in [5.74, 6) is -1.76. The average Bonchev–Trinajstić information content (AvgIpc) is 3.85. The molecule has 2 aromatic heterocycles. The Hall–Kier alpha value is -5.75. The summed E-state index contributed by atoms with van der Waals surface area (Å²) in [6, 6.07) is 34.9. The van der Waals surface area contributed by atoms with Crippen LogP contribution in [0.4, 0.5) is 10.7 Å². The third-order valence-electron chi connectivity index (χ3n) is 7.94. The first-order chi connectivity index (χ1) is 25.8. The van der Waals surface area contributed by atoms with E-state index in [1.54, 1.807) is 55.5 Å². The van der Waals surface area contributed by atoms with E-state index in [0.717, 1.165) is 22.3 Å². The summed E-state index contributed by atoms with van der Waals surface area (Å²) in [4.78, 5) is 54.8. The number of nitrogens with one attached hydrogen (secondary N) is 3. The molecule has 2 heterocycles. The number of ether oxygens (including phenoxy) is 1. The smallest absolute Gasteiger partial charge is 0.341 e. The van der Waals surface area contributed by atoms with Gasteiger partial charge in [-0.1, -0.05) is 84.4 Å². The lowest BCUT2D eigenvalue weighted by Gasteiger charge is -2.18. The largest absolute Gasteiger partial charge is 0.462 e. The zero-order valence-corrected chi connectivity index (χ0v) is 31.3. The van der Waals surface area contributed by atoms with Crippen molar-refractivity contribution in [1.82, 2.24) is 5.32 Å². The number of benzene rings is 4. The molecule has 0 saturated heterocycles. The fraction of sp³-hybridized carbons (Fsp3) is 0.0952. The molecule has 0 bridgehead atoms. The monoisotopic (exact) mass is 757 g/mol. The van der Waals surface area contributed by atoms with E-state index in [0.29, 0.717) is 32.3 Å². The second kappa shape index (κ2) is 17.6. The highest BCUT2D eigenvalue weighted by atomic mass is 32.2. The van der Waals surface area contributed by atoms with Gasteiger partial charge >= 0.3 is 5.97 Å². The van der Waals surface area contributed by atoms with Crippen molar-refractivity contribution in [2.45, 2.75) is 24.0 Å². The predicted molar refractivity (Wildman–Crippen MR) is 215 cm³/mol. The first kappa shape index (κ1) is 37.0. The summed E-state index contributed by atoms with van der Waals surface area (Å²) in [6.45, 7) is 3.93. The maximum Gasteiger partial charge on any atom is 0.341 e. The summed E-state index contributed by atoms with van der Waals surface area (Å²) in [7, 11) is 0. The van der Waals surface area contributed by atoms with E-state index >= 15 is 0 Å². The van der Waals surface area contributed by atoms with E-state index in [1.807, 2.05) is 95.9 Å². The molecule has 53 heavy (non-hydrogen) atoms. The van der Waals surface area contributed by atoms with Gasteiger partial charge in [-0.25, -0.2) is 4.79 Å². The number of hydrogen-bond acceptors (Lipinski definition) is 8. The Bertz CT molecular complexity index is 2230. The Morgan fingerprint density at radius 2 is 1.57 bits per heavy atom. The van der Waals surface area contributed by atoms with Crippen molar-refractivity contribution in [3.8, 4) is 11.1 Å². The number of rotatable bonds is 13. The van der Waals surface area contributed by atoms with Crippen LogP contribution in [0, 0.1) is 6.92 Å². The van der Waals surface area contributed by atoms with Crippen LogP contribution in [-0.4, -0.2) is 30.3 Å². The molecule has 0 aliphatic rings. The average molecular weight is 758 g/mol. The minimum Gasteiger partial charge on any atom is -0.462 e. The highest BCUT2D eigenvalue weighted by Crippen LogP contribution is 2.40. The van der Waals surface area contributed by atoms with Crippen molar-refractivity contribution in [1.29, 1.82) is 0 Å². The SMILES string of the molecule is CCOC(=O)c1c(-c2ccc(C)cc2)csc1NC(=O)C(Sc1cccc(NC(=O)/C(=C/c2ccsc2)NC(=O)c2ccccc2)c1)c1ccccc1. The lowest BCUT2D eigenvalue weighted by molar-refractivity contribution is -0.116. The van der Waals surface area contributed by atoms with Gasteiger partial charge in [-0.2, -0.15) is 11.3 Å². The van der Waals surface area contributed by atoms with Crippen molar-refractivity contribution in [2.75, 3.05) is 17.2 Å². The Morgan fingerprint density at radius 1 is 0.830 bits per heavy atom. The zero-order chi connectivity index (χ0) is 37.2. The summed E-state index contributed by atoms with van der Waals surface area (Å²) >= 11 is 4.05. The summed E-state index contributed by atoms with van der Waals surface area (Å²) < 4.78 is 5.42. The van der Waals surface area contributed by atoms with Gasteiger partial charge in [0.1, 0.15) is 21.5 Å². The highest BCUT2D eigenvalue weighted by Gasteiger charge is 2.27. The molecule has 1 atom stereocenters. The fourth-order valence-electron chi connectivity index (χ4n) is 5.33. The van der Waals surface area contributed by atoms with Crippen LogP contribution in [0.25, 0.3) is 17.2 Å². The molecular weight excluding hydrogens is 723 g/mol. The van der Waals surface area contributed by atoms with E-state index in [4.69, 9.17) is 4.74 Å². The summed E-state index contributed by atoms with van der Waals surface area (Å²) in [5, 5.41) is 14.0. The standard InChI is InChI=1S/C42H35N3O5S3/c1-3-50-42(49)36-34(29-19-17-27(2)18-20-29)26-52-41(36)45-40(48)37(30-11-6-4-7-12-30)53-33-16-10-15-32(24-33)43-39(47)35(23-28-21-22-51-25-28)44-38(46)31-13-8-5-9-14-31/h4-26,37H,3H2,1-2H3,(H,43,47)(H,44,46)(H,45,48)/b35-23-. The first-order valence-corrected chi connectivity index (χ1v) is 19.4. The summed E-state index contributed by atoms with van der Waals surface area (Å²) in [6.07, 6.45) is 1.63. The molecule has 4 aromatic carbocycles. The van der Waals surface area contributed by atoms with Crippen LogP contribution in [0.1, 0.15) is 49.6 Å². The van der Waals surface area contributed by atoms with Gasteiger partial charge in [-0.3, -0.25) is 14.4 Å². The third-order valence-corrected chi connectivity index (χ3v) is 10.8. The van der Waals surface area contributed by atoms with E-state index in [-0.39, 0.29) is 18.2 Å². The summed E-state index contributed by atoms with van der Waals surface area (Å²) in [5.41, 5.74) is 5.42. The van der Waals surface area contributed by atoms with Gasteiger partial charge in [-0.05, 0) is 83.8 Å². The Kier molecular flexibility index (Phi) is 12.3. The lowest BCUT2D eigenvalue weighted by atomic mass is 10.0. The maximum absolute atomic E-state index is 14.2. The van der Waals surface area contributed by atoms with Gasteiger partial charge in [0.15, 0.2) is 0 Å². The number of aryl methyl sites for hydroxylation is 1. The molecule has 6 rings (SSSR count). The van der Waals surface area contributed by atoms with E-state index in [2.05, 4.69) is 16.0 Å². The second-order valence-electron chi connectivity index (χ2n) is 11.8. The molecule has 0 radical (unpaired) electrons. The van der Waals surface area contributed by atoms with Crippen LogP contribution in [0.2, 0.25) is 0 Å². The quantitative estimate of drug-likeness (QED) is 0.0614. The second-order valence-corrected chi connectivity index (χ2v) is 14.6. The number of hydrogen-bond donors (Lipinski definition) is 3. The molecule has 3 N–H and O–H groups in total. The van der Waals surface area contributed by atoms with E-state index in [9.17, 15) is 19.2 Å². The van der Waals surface area contributed by atoms with Crippen LogP contribution in [0.3, 0.4) is 0 Å². The molecule has 0 spiro atoms. The lowest BCUT2D eigenvalue weighted by Crippen LogP contribution is -2.30. The molecule has 0 fully saturated rings. The molecule has 6 aromatic rings. The minimum atomic E-state index is -0.721. The van der Waals surface area contributed by atoms with Gasteiger partial charge in [0.05, 0.1) is 6.61 Å². The number of thioether (sulfide) groups is 1. The Labute approximate surface area is 319 Å². The van der Waals surface area contributed by atoms with Crippen molar-refractivity contribution < 1.29 is 23.9 Å². The normalized spacial score (nSPS) is 11.7. The van der Waals surface area contributed by atoms with Crippen LogP contribution in [0.5, 0.6) is 0 Å². The van der Waals surface area contributed by atoms with Crippen LogP contribution >= 0.6 is 34.4 Å². The number of amides is 3. The minimum absolute atomic E-state index is 0.0789. The van der Waals surface area contributed by atoms with Crippen LogP contribution in [0.15, 0.2) is 142 Å². The number of thiophene rings is 2. The predicted octanol–water partition coefficient (Wildman–Crippen LogP) is 9.84. The maximum atomic E-state index is 14.2. The molecule has 0 saturated carbocycles. The number of carbonyl (C=O) groups is 4. The first-order valence-electron chi connectivity index (χ1n) is 16.7. The van der Waals surface area contributed by atoms with Crippen LogP contribution in [-0.2, 0) is 14.3 Å². The van der Waals surface area contributed by atoms with E-state index in [1.165, 1.54) is 34.4 Å². The van der Waals surface area contributed by atoms with Crippen molar-refractivity contribution in [2.24, 2.45) is 0 Å². The molecule has 0 aliphatic carbocycles. The fourth-order valence-corrected chi connectivity index (χ4v) is 7.99. The molecule has 1 unspecified atom stereocenters. The molecule has 8 nitrogen and oxygen atoms in total. The highest BCUT2D eigenvalue weighted by molar-refractivity contribution is 8.00. The van der Waals surface area contributed by atoms with E-state index < -0.39 is 23.0 Å². The zero-order valence-electron chi connectivity index (χ0n) is 28.8.